The van der Waals surface area contributed by atoms with E-state index in [2.05, 4.69) is 65.8 Å². The average Bonchev–Trinajstić information content (AvgIpc) is 2.83. The Hall–Kier alpha value is -2.55. The molecular weight excluding hydrogens is 468 g/mol. The van der Waals surface area contributed by atoms with Crippen LogP contribution in [0.1, 0.15) is 91.9 Å². The minimum absolute atomic E-state index is 0.00233. The van der Waals surface area contributed by atoms with Gasteiger partial charge in [-0.1, -0.05) is 116 Å². The fourth-order valence-electron chi connectivity index (χ4n) is 6.46. The van der Waals surface area contributed by atoms with Crippen molar-refractivity contribution < 1.29 is 14.4 Å². The molecule has 3 heteroatoms. The molecule has 0 bridgehead atoms. The number of carbonyl (C=O) groups excluding carboxylic acids is 3. The van der Waals surface area contributed by atoms with Crippen molar-refractivity contribution in [3.63, 3.8) is 0 Å². The fraction of sp³-hybridized carbons (Fsp3) is 0.571. The van der Waals surface area contributed by atoms with Gasteiger partial charge in [0.15, 0.2) is 11.6 Å². The Labute approximate surface area is 231 Å². The molecule has 0 heterocycles. The highest BCUT2D eigenvalue weighted by Crippen LogP contribution is 2.43. The molecule has 208 valence electrons. The molecular formula is C35H50O3. The monoisotopic (exact) mass is 518 g/mol. The summed E-state index contributed by atoms with van der Waals surface area (Å²) in [6.45, 7) is 18.8. The zero-order valence-electron chi connectivity index (χ0n) is 25.2. The first-order valence-electron chi connectivity index (χ1n) is 14.3. The zero-order valence-corrected chi connectivity index (χ0v) is 25.2. The van der Waals surface area contributed by atoms with Crippen molar-refractivity contribution in [2.75, 3.05) is 0 Å². The first kappa shape index (κ1) is 31.7. The molecule has 38 heavy (non-hydrogen) atoms. The van der Waals surface area contributed by atoms with Gasteiger partial charge in [0.1, 0.15) is 5.78 Å². The highest BCUT2D eigenvalue weighted by molar-refractivity contribution is 5.98. The van der Waals surface area contributed by atoms with Crippen LogP contribution >= 0.6 is 0 Å². The lowest BCUT2D eigenvalue weighted by atomic mass is 9.64. The Morgan fingerprint density at radius 1 is 0.868 bits per heavy atom. The Balaban J connectivity index is 0.000000308. The van der Waals surface area contributed by atoms with Gasteiger partial charge in [0.25, 0.3) is 0 Å². The van der Waals surface area contributed by atoms with Gasteiger partial charge in [-0.15, -0.1) is 0 Å². The predicted octanol–water partition coefficient (Wildman–Crippen LogP) is 8.71. The second-order valence-corrected chi connectivity index (χ2v) is 13.0. The molecule has 0 N–H and O–H groups in total. The second kappa shape index (κ2) is 13.5. The average molecular weight is 519 g/mol. The number of carbonyl (C=O) groups is 3. The van der Waals surface area contributed by atoms with Gasteiger partial charge in [-0.05, 0) is 54.4 Å². The van der Waals surface area contributed by atoms with Crippen LogP contribution in [0.4, 0.5) is 0 Å². The summed E-state index contributed by atoms with van der Waals surface area (Å²) in [6.07, 6.45) is 14.7. The summed E-state index contributed by atoms with van der Waals surface area (Å²) < 4.78 is 0. The SMILES string of the molecule is C/C=C/C(=O)C1C(C)C=CCC1(C)C.CC1C=CCC(C)(C)C1C(=O)CC(C)C(C)C(=O)c1ccccc1. The predicted molar refractivity (Wildman–Crippen MR) is 159 cm³/mol. The van der Waals surface area contributed by atoms with E-state index in [1.807, 2.05) is 57.2 Å². The third-order valence-corrected chi connectivity index (χ3v) is 8.74. The summed E-state index contributed by atoms with van der Waals surface area (Å²) >= 11 is 0. The smallest absolute Gasteiger partial charge is 0.165 e. The van der Waals surface area contributed by atoms with Crippen LogP contribution in [0.5, 0.6) is 0 Å². The van der Waals surface area contributed by atoms with Gasteiger partial charge < -0.3 is 0 Å². The Morgan fingerprint density at radius 3 is 1.84 bits per heavy atom. The van der Waals surface area contributed by atoms with Crippen molar-refractivity contribution in [1.82, 2.24) is 0 Å². The summed E-state index contributed by atoms with van der Waals surface area (Å²) in [5.74, 6) is 1.44. The highest BCUT2D eigenvalue weighted by atomic mass is 16.1. The number of allylic oxidation sites excluding steroid dienone is 6. The molecule has 6 unspecified atom stereocenters. The maximum Gasteiger partial charge on any atom is 0.165 e. The van der Waals surface area contributed by atoms with Crippen molar-refractivity contribution in [2.24, 2.45) is 46.3 Å². The van der Waals surface area contributed by atoms with Gasteiger partial charge in [0.05, 0.1) is 0 Å². The molecule has 0 saturated carbocycles. The molecule has 3 rings (SSSR count). The molecule has 0 radical (unpaired) electrons. The molecule has 1 aromatic carbocycles. The van der Waals surface area contributed by atoms with Crippen molar-refractivity contribution in [2.45, 2.75) is 81.6 Å². The normalized spacial score (nSPS) is 27.2. The molecule has 0 amide bonds. The van der Waals surface area contributed by atoms with E-state index in [1.54, 1.807) is 6.08 Å². The first-order chi connectivity index (χ1) is 17.7. The van der Waals surface area contributed by atoms with E-state index in [0.717, 1.165) is 18.4 Å². The Bertz CT molecular complexity index is 1040. The number of Topliss-reactive ketones (excluding diaryl/α,β-unsaturated/α-hetero) is 2. The summed E-state index contributed by atoms with van der Waals surface area (Å²) in [6, 6.07) is 9.38. The van der Waals surface area contributed by atoms with Crippen LogP contribution in [0, 0.1) is 46.3 Å². The van der Waals surface area contributed by atoms with E-state index in [-0.39, 0.29) is 52.0 Å². The number of ketones is 3. The number of hydrogen-bond acceptors (Lipinski definition) is 3. The molecule has 2 aliphatic carbocycles. The molecule has 0 saturated heterocycles. The van der Waals surface area contributed by atoms with Crippen LogP contribution < -0.4 is 0 Å². The van der Waals surface area contributed by atoms with Crippen LogP contribution in [-0.4, -0.2) is 17.3 Å². The molecule has 3 nitrogen and oxygen atoms in total. The minimum atomic E-state index is -0.145. The van der Waals surface area contributed by atoms with Gasteiger partial charge in [0.2, 0.25) is 0 Å². The summed E-state index contributed by atoms with van der Waals surface area (Å²) in [7, 11) is 0. The topological polar surface area (TPSA) is 51.2 Å². The van der Waals surface area contributed by atoms with Crippen LogP contribution in [0.2, 0.25) is 0 Å². The van der Waals surface area contributed by atoms with Crippen molar-refractivity contribution in [3.8, 4) is 0 Å². The lowest BCUT2D eigenvalue weighted by molar-refractivity contribution is -0.129. The minimum Gasteiger partial charge on any atom is -0.299 e. The quantitative estimate of drug-likeness (QED) is 0.196. The van der Waals surface area contributed by atoms with E-state index < -0.39 is 0 Å². The number of rotatable bonds is 8. The summed E-state index contributed by atoms with van der Waals surface area (Å²) in [4.78, 5) is 37.5. The lowest BCUT2D eigenvalue weighted by Crippen LogP contribution is -2.38. The van der Waals surface area contributed by atoms with Crippen molar-refractivity contribution in [3.05, 3.63) is 72.4 Å². The fourth-order valence-corrected chi connectivity index (χ4v) is 6.46. The Morgan fingerprint density at radius 2 is 1.37 bits per heavy atom. The molecule has 0 fully saturated rings. The van der Waals surface area contributed by atoms with Crippen LogP contribution in [0.25, 0.3) is 0 Å². The van der Waals surface area contributed by atoms with Crippen LogP contribution in [0.15, 0.2) is 66.8 Å². The maximum absolute atomic E-state index is 13.0. The molecule has 6 atom stereocenters. The van der Waals surface area contributed by atoms with Gasteiger partial charge >= 0.3 is 0 Å². The third kappa shape index (κ3) is 7.98. The molecule has 0 spiro atoms. The first-order valence-corrected chi connectivity index (χ1v) is 14.3. The van der Waals surface area contributed by atoms with E-state index in [0.29, 0.717) is 18.1 Å². The number of benzene rings is 1. The van der Waals surface area contributed by atoms with E-state index in [9.17, 15) is 14.4 Å². The molecule has 2 aliphatic rings. The summed E-state index contributed by atoms with van der Waals surface area (Å²) in [5, 5.41) is 0. The maximum atomic E-state index is 13.0. The standard InChI is InChI=1S/C22H30O2.C13H20O/c1-15-10-9-13-22(4,5)20(15)19(23)14-16(2)17(3)21(24)18-11-7-6-8-12-18;1-5-7-11(14)12-10(2)8-6-9-13(12,3)4/h6-12,15-17,20H,13-14H2,1-5H3;5-8,10,12H,9H2,1-4H3/b;7-5+. The molecule has 0 aromatic heterocycles. The third-order valence-electron chi connectivity index (χ3n) is 8.74. The van der Waals surface area contributed by atoms with Crippen LogP contribution in [-0.2, 0) is 9.59 Å². The van der Waals surface area contributed by atoms with Crippen molar-refractivity contribution >= 4 is 17.3 Å². The van der Waals surface area contributed by atoms with Gasteiger partial charge in [-0.2, -0.15) is 0 Å². The van der Waals surface area contributed by atoms with E-state index in [4.69, 9.17) is 0 Å². The second-order valence-electron chi connectivity index (χ2n) is 13.0. The molecule has 1 aromatic rings. The Kier molecular flexibility index (Phi) is 11.2. The zero-order chi connectivity index (χ0) is 28.7. The largest absolute Gasteiger partial charge is 0.299 e. The summed E-state index contributed by atoms with van der Waals surface area (Å²) in [5.41, 5.74) is 0.834. The van der Waals surface area contributed by atoms with Gasteiger partial charge in [-0.25, -0.2) is 0 Å². The van der Waals surface area contributed by atoms with Gasteiger partial charge in [0, 0.05) is 29.7 Å². The van der Waals surface area contributed by atoms with Crippen LogP contribution in [0.3, 0.4) is 0 Å². The highest BCUT2D eigenvalue weighted by Gasteiger charge is 2.40. The lowest BCUT2D eigenvalue weighted by Gasteiger charge is -2.39. The number of hydrogen-bond donors (Lipinski definition) is 0. The van der Waals surface area contributed by atoms with E-state index >= 15 is 0 Å². The van der Waals surface area contributed by atoms with E-state index in [1.165, 1.54) is 0 Å². The van der Waals surface area contributed by atoms with Gasteiger partial charge in [-0.3, -0.25) is 14.4 Å². The van der Waals surface area contributed by atoms with Crippen molar-refractivity contribution in [1.29, 1.82) is 0 Å². The molecule has 0 aliphatic heterocycles.